The minimum absolute atomic E-state index is 0.462. The zero-order valence-corrected chi connectivity index (χ0v) is 6.42. The lowest BCUT2D eigenvalue weighted by Crippen LogP contribution is -2.25. The van der Waals surface area contributed by atoms with Gasteiger partial charge in [0.1, 0.15) is 0 Å². The summed E-state index contributed by atoms with van der Waals surface area (Å²) in [6.07, 6.45) is 9.19. The van der Waals surface area contributed by atoms with E-state index < -0.39 is 0 Å². The molecule has 0 spiro atoms. The first kappa shape index (κ1) is 6.41. The van der Waals surface area contributed by atoms with E-state index in [1.807, 2.05) is 0 Å². The van der Waals surface area contributed by atoms with Gasteiger partial charge in [-0.15, -0.1) is 0 Å². The number of fused-ring (bicyclic) bond motifs is 2. The standard InChI is InChI=1S/C9H14O/c1-2-7-5-8-3-4-9(6-7)10-8/h3-4,7-9H,2,5-6H2,1H3. The van der Waals surface area contributed by atoms with Gasteiger partial charge in [-0.3, -0.25) is 0 Å². The Labute approximate surface area is 62.1 Å². The quantitative estimate of drug-likeness (QED) is 0.504. The Bertz CT molecular complexity index is 137. The molecule has 2 aliphatic rings. The highest BCUT2D eigenvalue weighted by Crippen LogP contribution is 2.32. The van der Waals surface area contributed by atoms with Crippen LogP contribution in [0.4, 0.5) is 0 Å². The van der Waals surface area contributed by atoms with Crippen LogP contribution in [0.1, 0.15) is 26.2 Å². The van der Waals surface area contributed by atoms with Gasteiger partial charge in [0.15, 0.2) is 0 Å². The van der Waals surface area contributed by atoms with Gasteiger partial charge in [-0.25, -0.2) is 0 Å². The first-order chi connectivity index (χ1) is 4.88. The lowest BCUT2D eigenvalue weighted by Gasteiger charge is -2.27. The molecule has 0 aromatic heterocycles. The predicted molar refractivity (Wildman–Crippen MR) is 40.8 cm³/mol. The Morgan fingerprint density at radius 3 is 2.40 bits per heavy atom. The van der Waals surface area contributed by atoms with Crippen molar-refractivity contribution in [3.8, 4) is 0 Å². The van der Waals surface area contributed by atoms with Crippen molar-refractivity contribution in [1.29, 1.82) is 0 Å². The average molecular weight is 138 g/mol. The van der Waals surface area contributed by atoms with Gasteiger partial charge in [0, 0.05) is 0 Å². The summed E-state index contributed by atoms with van der Waals surface area (Å²) in [4.78, 5) is 0. The molecular weight excluding hydrogens is 124 g/mol. The Kier molecular flexibility index (Phi) is 1.53. The van der Waals surface area contributed by atoms with Crippen molar-refractivity contribution in [3.63, 3.8) is 0 Å². The highest BCUT2D eigenvalue weighted by Gasteiger charge is 2.29. The third kappa shape index (κ3) is 0.988. The molecule has 10 heavy (non-hydrogen) atoms. The summed E-state index contributed by atoms with van der Waals surface area (Å²) in [6, 6.07) is 0. The molecule has 0 saturated carbocycles. The summed E-state index contributed by atoms with van der Waals surface area (Å²) in [5, 5.41) is 0. The zero-order valence-electron chi connectivity index (χ0n) is 6.42. The highest BCUT2D eigenvalue weighted by molar-refractivity contribution is 5.06. The lowest BCUT2D eigenvalue weighted by atomic mass is 9.93. The number of ether oxygens (including phenoxy) is 1. The van der Waals surface area contributed by atoms with E-state index in [2.05, 4.69) is 19.1 Å². The average Bonchev–Trinajstić information content (AvgIpc) is 2.30. The van der Waals surface area contributed by atoms with Crippen molar-refractivity contribution in [2.45, 2.75) is 38.4 Å². The molecule has 0 radical (unpaired) electrons. The van der Waals surface area contributed by atoms with E-state index in [9.17, 15) is 0 Å². The smallest absolute Gasteiger partial charge is 0.0767 e. The van der Waals surface area contributed by atoms with Crippen LogP contribution in [0.5, 0.6) is 0 Å². The minimum atomic E-state index is 0.462. The van der Waals surface area contributed by atoms with Gasteiger partial charge in [-0.05, 0) is 18.8 Å². The molecule has 2 unspecified atom stereocenters. The van der Waals surface area contributed by atoms with Crippen molar-refractivity contribution in [2.24, 2.45) is 5.92 Å². The normalized spacial score (nSPS) is 44.3. The second-order valence-electron chi connectivity index (χ2n) is 3.34. The molecule has 0 aromatic carbocycles. The summed E-state index contributed by atoms with van der Waals surface area (Å²) in [6.45, 7) is 2.27. The van der Waals surface area contributed by atoms with Crippen molar-refractivity contribution in [1.82, 2.24) is 0 Å². The lowest BCUT2D eigenvalue weighted by molar-refractivity contribution is -0.00588. The van der Waals surface area contributed by atoms with Gasteiger partial charge in [0.25, 0.3) is 0 Å². The van der Waals surface area contributed by atoms with Crippen LogP contribution >= 0.6 is 0 Å². The van der Waals surface area contributed by atoms with Gasteiger partial charge in [0.2, 0.25) is 0 Å². The Hall–Kier alpha value is -0.300. The largest absolute Gasteiger partial charge is 0.367 e. The fourth-order valence-electron chi connectivity index (χ4n) is 1.92. The second kappa shape index (κ2) is 2.39. The molecule has 2 heterocycles. The van der Waals surface area contributed by atoms with Crippen molar-refractivity contribution in [2.75, 3.05) is 0 Å². The summed E-state index contributed by atoms with van der Waals surface area (Å²) in [5.74, 6) is 0.916. The zero-order chi connectivity index (χ0) is 6.97. The van der Waals surface area contributed by atoms with Crippen molar-refractivity contribution >= 4 is 0 Å². The minimum Gasteiger partial charge on any atom is -0.367 e. The SMILES string of the molecule is CCC1CC2C=CC(C1)O2. The summed E-state index contributed by atoms with van der Waals surface area (Å²) in [7, 11) is 0. The molecule has 0 aromatic rings. The molecule has 1 fully saturated rings. The van der Waals surface area contributed by atoms with Crippen molar-refractivity contribution < 1.29 is 4.74 Å². The van der Waals surface area contributed by atoms with Crippen LogP contribution in [0.3, 0.4) is 0 Å². The molecule has 56 valence electrons. The van der Waals surface area contributed by atoms with E-state index >= 15 is 0 Å². The molecular formula is C9H14O. The van der Waals surface area contributed by atoms with E-state index in [0.717, 1.165) is 5.92 Å². The number of hydrogen-bond donors (Lipinski definition) is 0. The van der Waals surface area contributed by atoms with Gasteiger partial charge >= 0.3 is 0 Å². The molecule has 2 rings (SSSR count). The van der Waals surface area contributed by atoms with E-state index in [1.165, 1.54) is 19.3 Å². The van der Waals surface area contributed by atoms with Gasteiger partial charge in [0.05, 0.1) is 12.2 Å². The first-order valence-corrected chi connectivity index (χ1v) is 4.22. The van der Waals surface area contributed by atoms with Crippen LogP contribution in [-0.4, -0.2) is 12.2 Å². The molecule has 0 amide bonds. The molecule has 2 atom stereocenters. The molecule has 1 nitrogen and oxygen atoms in total. The van der Waals surface area contributed by atoms with E-state index in [4.69, 9.17) is 4.74 Å². The maximum Gasteiger partial charge on any atom is 0.0767 e. The number of rotatable bonds is 1. The monoisotopic (exact) mass is 138 g/mol. The van der Waals surface area contributed by atoms with Gasteiger partial charge in [-0.2, -0.15) is 0 Å². The van der Waals surface area contributed by atoms with E-state index in [1.54, 1.807) is 0 Å². The fraction of sp³-hybridized carbons (Fsp3) is 0.778. The summed E-state index contributed by atoms with van der Waals surface area (Å²) < 4.78 is 5.62. The van der Waals surface area contributed by atoms with Crippen LogP contribution in [0, 0.1) is 5.92 Å². The van der Waals surface area contributed by atoms with Crippen molar-refractivity contribution in [3.05, 3.63) is 12.2 Å². The maximum absolute atomic E-state index is 5.62. The van der Waals surface area contributed by atoms with Crippen LogP contribution in [0.25, 0.3) is 0 Å². The molecule has 2 aliphatic heterocycles. The predicted octanol–water partition coefficient (Wildman–Crippen LogP) is 2.13. The van der Waals surface area contributed by atoms with E-state index in [-0.39, 0.29) is 0 Å². The molecule has 0 N–H and O–H groups in total. The maximum atomic E-state index is 5.62. The van der Waals surface area contributed by atoms with Crippen LogP contribution in [-0.2, 0) is 4.74 Å². The van der Waals surface area contributed by atoms with Gasteiger partial charge in [-0.1, -0.05) is 25.5 Å². The number of hydrogen-bond acceptors (Lipinski definition) is 1. The van der Waals surface area contributed by atoms with E-state index in [0.29, 0.717) is 12.2 Å². The Morgan fingerprint density at radius 1 is 1.30 bits per heavy atom. The Morgan fingerprint density at radius 2 is 1.90 bits per heavy atom. The van der Waals surface area contributed by atoms with Crippen LogP contribution in [0.2, 0.25) is 0 Å². The third-order valence-corrected chi connectivity index (χ3v) is 2.60. The Balaban J connectivity index is 2.01. The molecule has 0 aliphatic carbocycles. The van der Waals surface area contributed by atoms with Gasteiger partial charge < -0.3 is 4.74 Å². The fourth-order valence-corrected chi connectivity index (χ4v) is 1.92. The summed E-state index contributed by atoms with van der Waals surface area (Å²) >= 11 is 0. The first-order valence-electron chi connectivity index (χ1n) is 4.22. The van der Waals surface area contributed by atoms with Crippen LogP contribution in [0.15, 0.2) is 12.2 Å². The summed E-state index contributed by atoms with van der Waals surface area (Å²) in [5.41, 5.74) is 0. The highest BCUT2D eigenvalue weighted by atomic mass is 16.5. The molecule has 1 saturated heterocycles. The second-order valence-corrected chi connectivity index (χ2v) is 3.34. The topological polar surface area (TPSA) is 9.23 Å². The molecule has 1 heteroatoms. The van der Waals surface area contributed by atoms with Crippen LogP contribution < -0.4 is 0 Å². The molecule has 2 bridgehead atoms. The third-order valence-electron chi connectivity index (χ3n) is 2.60.